The summed E-state index contributed by atoms with van der Waals surface area (Å²) >= 11 is 5.71. The highest BCUT2D eigenvalue weighted by Crippen LogP contribution is 2.27. The summed E-state index contributed by atoms with van der Waals surface area (Å²) in [5, 5.41) is 5.91. The van der Waals surface area contributed by atoms with E-state index in [0.717, 1.165) is 18.2 Å². The lowest BCUT2D eigenvalue weighted by Gasteiger charge is -2.25. The number of aromatic amines is 1. The number of hydrogen-bond acceptors (Lipinski definition) is 3. The molecule has 0 saturated carbocycles. The number of hydrogen-bond donors (Lipinski definition) is 1. The normalized spacial score (nSPS) is 12.2. The Bertz CT molecular complexity index is 1120. The van der Waals surface area contributed by atoms with Gasteiger partial charge in [0.1, 0.15) is 5.82 Å². The van der Waals surface area contributed by atoms with Crippen LogP contribution in [0.2, 0.25) is 5.02 Å². The molecule has 1 heterocycles. The maximum atomic E-state index is 13.7. The molecule has 1 amide bonds. The number of rotatable bonds is 3. The molecule has 27 heavy (non-hydrogen) atoms. The van der Waals surface area contributed by atoms with Crippen LogP contribution in [0.3, 0.4) is 0 Å². The van der Waals surface area contributed by atoms with Crippen LogP contribution in [0, 0.1) is 17.5 Å². The predicted molar refractivity (Wildman–Crippen MR) is 94.2 cm³/mol. The minimum Gasteiger partial charge on any atom is -0.333 e. The molecular weight excluding hydrogens is 383 g/mol. The number of aromatic nitrogens is 2. The van der Waals surface area contributed by atoms with E-state index in [1.165, 1.54) is 24.1 Å². The van der Waals surface area contributed by atoms with Crippen molar-refractivity contribution in [3.63, 3.8) is 0 Å². The van der Waals surface area contributed by atoms with Crippen molar-refractivity contribution in [3.05, 3.63) is 74.4 Å². The van der Waals surface area contributed by atoms with E-state index in [1.807, 2.05) is 0 Å². The summed E-state index contributed by atoms with van der Waals surface area (Å²) in [5.41, 5.74) is -0.367. The van der Waals surface area contributed by atoms with Crippen LogP contribution in [0.15, 0.2) is 35.1 Å². The average molecular weight is 396 g/mol. The van der Waals surface area contributed by atoms with Gasteiger partial charge >= 0.3 is 0 Å². The average Bonchev–Trinajstić information content (AvgIpc) is 2.64. The lowest BCUT2D eigenvalue weighted by molar-refractivity contribution is 0.0740. The second-order valence-corrected chi connectivity index (χ2v) is 6.38. The molecule has 1 unspecified atom stereocenters. The Balaban J connectivity index is 2.04. The van der Waals surface area contributed by atoms with Crippen molar-refractivity contribution in [3.8, 4) is 0 Å². The van der Waals surface area contributed by atoms with Gasteiger partial charge in [-0.1, -0.05) is 11.6 Å². The number of nitrogens with one attached hydrogen (secondary N) is 1. The molecule has 0 fully saturated rings. The highest BCUT2D eigenvalue weighted by Gasteiger charge is 2.24. The molecule has 0 saturated heterocycles. The molecule has 0 aliphatic heterocycles. The monoisotopic (exact) mass is 395 g/mol. The van der Waals surface area contributed by atoms with Crippen LogP contribution < -0.4 is 5.56 Å². The first-order valence-corrected chi connectivity index (χ1v) is 8.18. The van der Waals surface area contributed by atoms with Crippen molar-refractivity contribution in [2.24, 2.45) is 0 Å². The zero-order chi connectivity index (χ0) is 19.9. The number of fused-ring (bicyclic) bond motifs is 1. The second kappa shape index (κ2) is 7.03. The molecular formula is C18H13ClF3N3O2. The first-order valence-electron chi connectivity index (χ1n) is 7.80. The number of benzene rings is 2. The number of halogens is 4. The summed E-state index contributed by atoms with van der Waals surface area (Å²) in [6.07, 6.45) is 0. The Morgan fingerprint density at radius 2 is 1.74 bits per heavy atom. The quantitative estimate of drug-likeness (QED) is 0.733. The van der Waals surface area contributed by atoms with E-state index in [1.54, 1.807) is 6.92 Å². The van der Waals surface area contributed by atoms with Gasteiger partial charge in [0.2, 0.25) is 0 Å². The van der Waals surface area contributed by atoms with E-state index in [2.05, 4.69) is 10.2 Å². The molecule has 3 aromatic rings. The molecule has 0 bridgehead atoms. The smallest absolute Gasteiger partial charge is 0.272 e. The lowest BCUT2D eigenvalue weighted by atomic mass is 10.0. The van der Waals surface area contributed by atoms with Crippen molar-refractivity contribution in [1.82, 2.24) is 15.1 Å². The van der Waals surface area contributed by atoms with E-state index in [-0.39, 0.29) is 27.1 Å². The molecule has 0 spiro atoms. The summed E-state index contributed by atoms with van der Waals surface area (Å²) in [5.74, 6) is -3.45. The summed E-state index contributed by atoms with van der Waals surface area (Å²) in [6, 6.07) is 4.47. The Morgan fingerprint density at radius 1 is 1.11 bits per heavy atom. The molecule has 0 aliphatic carbocycles. The van der Waals surface area contributed by atoms with Crippen molar-refractivity contribution < 1.29 is 18.0 Å². The van der Waals surface area contributed by atoms with E-state index in [9.17, 15) is 22.8 Å². The maximum Gasteiger partial charge on any atom is 0.272 e. The largest absolute Gasteiger partial charge is 0.333 e. The van der Waals surface area contributed by atoms with Crippen LogP contribution in [-0.2, 0) is 0 Å². The Morgan fingerprint density at radius 3 is 2.37 bits per heavy atom. The number of nitrogens with zero attached hydrogens (tertiary/aromatic N) is 2. The molecule has 5 nitrogen and oxygen atoms in total. The molecule has 140 valence electrons. The number of carbonyl (C=O) groups excluding carboxylic acids is 1. The fraction of sp³-hybridized carbons (Fsp3) is 0.167. The Labute approximate surface area is 156 Å². The minimum absolute atomic E-state index is 0.0851. The fourth-order valence-electron chi connectivity index (χ4n) is 2.69. The van der Waals surface area contributed by atoms with Gasteiger partial charge in [-0.25, -0.2) is 18.3 Å². The molecule has 9 heteroatoms. The standard InChI is InChI=1S/C18H13ClF3N3O2/c1-8(25(2)18(27)9-3-4-13(20)12(19)5-9)16-10-6-14(21)15(22)7-11(10)17(26)24-23-16/h3-8H,1-2H3,(H,24,26). The zero-order valence-electron chi connectivity index (χ0n) is 14.2. The molecule has 0 aliphatic rings. The molecule has 1 atom stereocenters. The SMILES string of the molecule is CC(c1n[nH]c(=O)c2cc(F)c(F)cc12)N(C)C(=O)c1ccc(F)c(Cl)c1. The fourth-order valence-corrected chi connectivity index (χ4v) is 2.87. The minimum atomic E-state index is -1.16. The number of carbonyl (C=O) groups is 1. The first-order chi connectivity index (χ1) is 12.7. The highest BCUT2D eigenvalue weighted by molar-refractivity contribution is 6.31. The van der Waals surface area contributed by atoms with Crippen LogP contribution in [0.1, 0.15) is 29.0 Å². The molecule has 0 radical (unpaired) electrons. The molecule has 3 rings (SSSR count). The van der Waals surface area contributed by atoms with Gasteiger partial charge in [0.15, 0.2) is 11.6 Å². The summed E-state index contributed by atoms with van der Waals surface area (Å²) in [7, 11) is 1.46. The summed E-state index contributed by atoms with van der Waals surface area (Å²) in [4.78, 5) is 25.8. The van der Waals surface area contributed by atoms with Gasteiger partial charge in [-0.2, -0.15) is 5.10 Å². The third-order valence-corrected chi connectivity index (χ3v) is 4.61. The van der Waals surface area contributed by atoms with Gasteiger partial charge in [-0.05, 0) is 37.3 Å². The van der Waals surface area contributed by atoms with Crippen molar-refractivity contribution in [1.29, 1.82) is 0 Å². The number of amides is 1. The van der Waals surface area contributed by atoms with Gasteiger partial charge in [0.05, 0.1) is 22.1 Å². The third kappa shape index (κ3) is 3.40. The van der Waals surface area contributed by atoms with E-state index in [0.29, 0.717) is 0 Å². The topological polar surface area (TPSA) is 66.1 Å². The van der Waals surface area contributed by atoms with Gasteiger partial charge in [-0.15, -0.1) is 0 Å². The van der Waals surface area contributed by atoms with Crippen molar-refractivity contribution >= 4 is 28.3 Å². The predicted octanol–water partition coefficient (Wildman–Crippen LogP) is 3.83. The van der Waals surface area contributed by atoms with Crippen LogP contribution in [0.5, 0.6) is 0 Å². The summed E-state index contributed by atoms with van der Waals surface area (Å²) in [6.45, 7) is 1.60. The lowest BCUT2D eigenvalue weighted by Crippen LogP contribution is -2.31. The van der Waals surface area contributed by atoms with Crippen LogP contribution >= 0.6 is 11.6 Å². The number of H-pyrrole nitrogens is 1. The Hall–Kier alpha value is -2.87. The van der Waals surface area contributed by atoms with Crippen LogP contribution in [-0.4, -0.2) is 28.1 Å². The van der Waals surface area contributed by atoms with E-state index < -0.39 is 35.0 Å². The summed E-state index contributed by atoms with van der Waals surface area (Å²) < 4.78 is 40.5. The van der Waals surface area contributed by atoms with E-state index >= 15 is 0 Å². The van der Waals surface area contributed by atoms with Crippen LogP contribution in [0.25, 0.3) is 10.8 Å². The maximum absolute atomic E-state index is 13.7. The Kier molecular flexibility index (Phi) is 4.93. The van der Waals surface area contributed by atoms with Gasteiger partial charge < -0.3 is 4.90 Å². The van der Waals surface area contributed by atoms with Crippen LogP contribution in [0.4, 0.5) is 13.2 Å². The zero-order valence-corrected chi connectivity index (χ0v) is 14.9. The van der Waals surface area contributed by atoms with Gasteiger partial charge in [0.25, 0.3) is 11.5 Å². The molecule has 2 aromatic carbocycles. The van der Waals surface area contributed by atoms with Gasteiger partial charge in [0, 0.05) is 18.0 Å². The molecule has 1 N–H and O–H groups in total. The third-order valence-electron chi connectivity index (χ3n) is 4.32. The molecule has 1 aromatic heterocycles. The highest BCUT2D eigenvalue weighted by atomic mass is 35.5. The second-order valence-electron chi connectivity index (χ2n) is 5.97. The van der Waals surface area contributed by atoms with Gasteiger partial charge in [-0.3, -0.25) is 9.59 Å². The van der Waals surface area contributed by atoms with Crippen molar-refractivity contribution in [2.45, 2.75) is 13.0 Å². The van der Waals surface area contributed by atoms with Crippen molar-refractivity contribution in [2.75, 3.05) is 7.05 Å². The first kappa shape index (κ1) is 18.9. The van der Waals surface area contributed by atoms with E-state index in [4.69, 9.17) is 11.6 Å².